The van der Waals surface area contributed by atoms with E-state index < -0.39 is 0 Å². The summed E-state index contributed by atoms with van der Waals surface area (Å²) in [5, 5.41) is 14.4. The van der Waals surface area contributed by atoms with E-state index in [2.05, 4.69) is 30.5 Å². The van der Waals surface area contributed by atoms with Crippen molar-refractivity contribution in [2.45, 2.75) is 45.4 Å². The smallest absolute Gasteiger partial charge is 0.156 e. The van der Waals surface area contributed by atoms with Crippen molar-refractivity contribution >= 4 is 17.2 Å². The van der Waals surface area contributed by atoms with Crippen LogP contribution in [0.5, 0.6) is 0 Å². The minimum absolute atomic E-state index is 0.0742. The van der Waals surface area contributed by atoms with Gasteiger partial charge in [0, 0.05) is 29.2 Å². The van der Waals surface area contributed by atoms with E-state index in [1.165, 1.54) is 0 Å². The molecule has 2 aromatic heterocycles. The lowest BCUT2D eigenvalue weighted by Gasteiger charge is -2.19. The fourth-order valence-electron chi connectivity index (χ4n) is 2.87. The number of hydrogen-bond donors (Lipinski definition) is 1. The molecule has 0 saturated heterocycles. The number of rotatable bonds is 1. The zero-order valence-electron chi connectivity index (χ0n) is 12.3. The van der Waals surface area contributed by atoms with Crippen LogP contribution in [-0.4, -0.2) is 19.7 Å². The van der Waals surface area contributed by atoms with Gasteiger partial charge in [0.1, 0.15) is 0 Å². The molecule has 108 valence electrons. The van der Waals surface area contributed by atoms with E-state index >= 15 is 0 Å². The Bertz CT molecular complexity index is 660. The predicted molar refractivity (Wildman–Crippen MR) is 81.5 cm³/mol. The zero-order valence-corrected chi connectivity index (χ0v) is 13.1. The lowest BCUT2D eigenvalue weighted by atomic mass is 9.88. The van der Waals surface area contributed by atoms with Crippen molar-refractivity contribution in [1.29, 1.82) is 0 Å². The fraction of sp³-hybridized carbons (Fsp3) is 0.467. The second kappa shape index (κ2) is 5.09. The van der Waals surface area contributed by atoms with E-state index in [1.807, 2.05) is 13.8 Å². The third-order valence-corrected chi connectivity index (χ3v) is 3.80. The van der Waals surface area contributed by atoms with Gasteiger partial charge >= 0.3 is 0 Å². The molecule has 1 N–H and O–H groups in total. The van der Waals surface area contributed by atoms with E-state index in [4.69, 9.17) is 11.6 Å². The van der Waals surface area contributed by atoms with Crippen LogP contribution < -0.4 is 0 Å². The molecule has 0 radical (unpaired) electrons. The second-order valence-electron chi connectivity index (χ2n) is 5.43. The number of fused-ring (bicyclic) bond motifs is 3. The summed E-state index contributed by atoms with van der Waals surface area (Å²) in [6.45, 7) is 11.9. The number of allylic oxidation sites excluding steroid dienone is 1. The third-order valence-electron chi connectivity index (χ3n) is 3.62. The average molecular weight is 294 g/mol. The highest BCUT2D eigenvalue weighted by molar-refractivity contribution is 6.29. The quantitative estimate of drug-likeness (QED) is 0.800. The second-order valence-corrected chi connectivity index (χ2v) is 5.82. The lowest BCUT2D eigenvalue weighted by molar-refractivity contribution is 0.349. The van der Waals surface area contributed by atoms with Crippen LogP contribution in [0.4, 0.5) is 0 Å². The number of nitrogens with zero attached hydrogens (tertiary/aromatic N) is 3. The van der Waals surface area contributed by atoms with Gasteiger partial charge < -0.3 is 5.11 Å². The van der Waals surface area contributed by atoms with Crippen molar-refractivity contribution in [3.05, 3.63) is 41.0 Å². The molecule has 0 bridgehead atoms. The van der Waals surface area contributed by atoms with Gasteiger partial charge in [-0.15, -0.1) is 0 Å². The topological polar surface area (TPSA) is 50.4 Å². The first-order valence-corrected chi connectivity index (χ1v) is 7.20. The van der Waals surface area contributed by atoms with Gasteiger partial charge in [-0.1, -0.05) is 45.9 Å². The van der Waals surface area contributed by atoms with Crippen LogP contribution in [0, 0.1) is 0 Å². The normalized spacial score (nSPS) is 19.4. The van der Waals surface area contributed by atoms with Crippen molar-refractivity contribution < 1.29 is 5.11 Å². The Morgan fingerprint density at radius 1 is 1.50 bits per heavy atom. The molecule has 3 rings (SSSR count). The Balaban J connectivity index is 0.000000704. The third kappa shape index (κ3) is 2.18. The van der Waals surface area contributed by atoms with Crippen LogP contribution in [-0.2, 0) is 5.41 Å². The summed E-state index contributed by atoms with van der Waals surface area (Å²) in [7, 11) is 0. The van der Waals surface area contributed by atoms with Crippen molar-refractivity contribution in [2.75, 3.05) is 0 Å². The van der Waals surface area contributed by atoms with Gasteiger partial charge in [0.05, 0.1) is 11.5 Å². The fourth-order valence-corrected chi connectivity index (χ4v) is 3.04. The summed E-state index contributed by atoms with van der Waals surface area (Å²) in [5.74, 6) is 0.108. The van der Waals surface area contributed by atoms with Gasteiger partial charge in [0.15, 0.2) is 10.8 Å². The number of hydrogen-bond acceptors (Lipinski definition) is 3. The maximum absolute atomic E-state index is 9.73. The predicted octanol–water partition coefficient (Wildman–Crippen LogP) is 4.25. The Kier molecular flexibility index (Phi) is 3.78. The lowest BCUT2D eigenvalue weighted by Crippen LogP contribution is -2.17. The number of aliphatic hydroxyl groups is 1. The summed E-state index contributed by atoms with van der Waals surface area (Å²) in [6, 6.07) is 1.74. The summed E-state index contributed by atoms with van der Waals surface area (Å²) in [6.07, 6.45) is 2.60. The highest BCUT2D eigenvalue weighted by Gasteiger charge is 2.41. The molecule has 2 heterocycles. The first-order chi connectivity index (χ1) is 9.40. The average Bonchev–Trinajstić information content (AvgIpc) is 2.88. The van der Waals surface area contributed by atoms with Crippen LogP contribution in [0.25, 0.3) is 5.65 Å². The molecule has 0 spiro atoms. The molecule has 5 heteroatoms. The summed E-state index contributed by atoms with van der Waals surface area (Å²) in [4.78, 5) is 4.34. The van der Waals surface area contributed by atoms with Gasteiger partial charge in [0.2, 0.25) is 0 Å². The Morgan fingerprint density at radius 3 is 2.75 bits per heavy atom. The molecular formula is C15H20ClN3O. The van der Waals surface area contributed by atoms with Crippen molar-refractivity contribution in [1.82, 2.24) is 14.6 Å². The summed E-state index contributed by atoms with van der Waals surface area (Å²) < 4.78 is 1.78. The summed E-state index contributed by atoms with van der Waals surface area (Å²) >= 11 is 5.94. The van der Waals surface area contributed by atoms with Gasteiger partial charge in [-0.2, -0.15) is 5.10 Å². The van der Waals surface area contributed by atoms with Crippen molar-refractivity contribution in [3.8, 4) is 0 Å². The maximum Gasteiger partial charge on any atom is 0.156 e. The SMILES string of the molecule is C=C(O)C1CC(C)(C)c2c1cnc1cc(Cl)nn21.CC. The molecule has 0 fully saturated rings. The Labute approximate surface area is 124 Å². The molecule has 1 unspecified atom stereocenters. The molecule has 0 aromatic carbocycles. The first-order valence-electron chi connectivity index (χ1n) is 6.82. The van der Waals surface area contributed by atoms with Crippen LogP contribution in [0.3, 0.4) is 0 Å². The van der Waals surface area contributed by atoms with Crippen LogP contribution in [0.15, 0.2) is 24.6 Å². The standard InChI is InChI=1S/C13H14ClN3O.C2H6/c1-7(18)8-5-13(2,3)12-9(8)6-15-11-4-10(14)16-17(11)12;1-2/h4,6,8,18H,1,5H2,2-3H3;1-2H3. The van der Waals surface area contributed by atoms with E-state index in [0.29, 0.717) is 5.15 Å². The number of aliphatic hydroxyl groups excluding tert-OH is 1. The van der Waals surface area contributed by atoms with Gasteiger partial charge in [0.25, 0.3) is 0 Å². The molecule has 1 aliphatic carbocycles. The van der Waals surface area contributed by atoms with Gasteiger partial charge in [-0.25, -0.2) is 9.50 Å². The molecule has 1 atom stereocenters. The summed E-state index contributed by atoms with van der Waals surface area (Å²) in [5.41, 5.74) is 2.68. The zero-order chi connectivity index (χ0) is 15.1. The molecule has 0 saturated carbocycles. The molecule has 20 heavy (non-hydrogen) atoms. The molecule has 2 aromatic rings. The minimum Gasteiger partial charge on any atom is -0.512 e. The van der Waals surface area contributed by atoms with E-state index in [9.17, 15) is 5.11 Å². The Morgan fingerprint density at radius 2 is 2.15 bits per heavy atom. The van der Waals surface area contributed by atoms with Crippen molar-refractivity contribution in [3.63, 3.8) is 0 Å². The molecule has 0 amide bonds. The molecule has 1 aliphatic rings. The maximum atomic E-state index is 9.73. The van der Waals surface area contributed by atoms with E-state index in [0.717, 1.165) is 23.3 Å². The molecular weight excluding hydrogens is 274 g/mol. The monoisotopic (exact) mass is 293 g/mol. The molecule has 4 nitrogen and oxygen atoms in total. The van der Waals surface area contributed by atoms with Gasteiger partial charge in [-0.3, -0.25) is 0 Å². The Hall–Kier alpha value is -1.55. The van der Waals surface area contributed by atoms with Crippen LogP contribution >= 0.6 is 11.6 Å². The first kappa shape index (κ1) is 14.9. The number of aromatic nitrogens is 3. The van der Waals surface area contributed by atoms with E-state index in [-0.39, 0.29) is 17.1 Å². The van der Waals surface area contributed by atoms with E-state index in [1.54, 1.807) is 16.8 Å². The largest absolute Gasteiger partial charge is 0.512 e. The van der Waals surface area contributed by atoms with Crippen LogP contribution in [0.2, 0.25) is 5.15 Å². The highest BCUT2D eigenvalue weighted by Crippen LogP contribution is 2.47. The molecule has 0 aliphatic heterocycles. The minimum atomic E-state index is -0.0950. The van der Waals surface area contributed by atoms with Crippen LogP contribution in [0.1, 0.15) is 51.3 Å². The van der Waals surface area contributed by atoms with Crippen molar-refractivity contribution in [2.24, 2.45) is 0 Å². The highest BCUT2D eigenvalue weighted by atomic mass is 35.5. The number of halogens is 1. The van der Waals surface area contributed by atoms with Gasteiger partial charge in [-0.05, 0) is 6.42 Å².